The minimum absolute atomic E-state index is 0.0485. The van der Waals surface area contributed by atoms with Crippen LogP contribution in [0.5, 0.6) is 5.75 Å². The second-order valence-electron chi connectivity index (χ2n) is 8.17. The van der Waals surface area contributed by atoms with Crippen molar-refractivity contribution >= 4 is 32.6 Å². The summed E-state index contributed by atoms with van der Waals surface area (Å²) in [5.74, 6) is 0.702. The highest BCUT2D eigenvalue weighted by atomic mass is 32.1. The number of aryl methyl sites for hydroxylation is 2. The summed E-state index contributed by atoms with van der Waals surface area (Å²) in [6.45, 7) is 9.39. The minimum atomic E-state index is -0.0602. The lowest BCUT2D eigenvalue weighted by molar-refractivity contribution is 0.0917. The molecule has 3 aromatic rings. The molecule has 1 aliphatic rings. The van der Waals surface area contributed by atoms with Gasteiger partial charge in [-0.25, -0.2) is 4.98 Å². The lowest BCUT2D eigenvalue weighted by atomic mass is 10.1. The van der Waals surface area contributed by atoms with Crippen LogP contribution >= 0.6 is 11.3 Å². The van der Waals surface area contributed by atoms with Crippen molar-refractivity contribution in [1.82, 2.24) is 4.98 Å². The van der Waals surface area contributed by atoms with E-state index in [1.807, 2.05) is 38.1 Å². The molecule has 0 bridgehead atoms. The normalized spacial score (nSPS) is 16.4. The Bertz CT molecular complexity index is 1040. The molecule has 1 unspecified atom stereocenters. The third-order valence-corrected chi connectivity index (χ3v) is 6.20. The first kappa shape index (κ1) is 20.8. The number of anilines is 1. The van der Waals surface area contributed by atoms with Crippen LogP contribution in [-0.2, 0) is 4.74 Å². The Balaban J connectivity index is 1.67. The van der Waals surface area contributed by atoms with Crippen LogP contribution in [0.25, 0.3) is 10.2 Å². The Hall–Kier alpha value is -2.44. The fourth-order valence-electron chi connectivity index (χ4n) is 3.82. The summed E-state index contributed by atoms with van der Waals surface area (Å²) in [4.78, 5) is 20.1. The van der Waals surface area contributed by atoms with E-state index in [0.717, 1.165) is 46.1 Å². The fourth-order valence-corrected chi connectivity index (χ4v) is 4.97. The Kier molecular flexibility index (Phi) is 6.06. The Morgan fingerprint density at radius 1 is 1.27 bits per heavy atom. The molecule has 0 spiro atoms. The van der Waals surface area contributed by atoms with Gasteiger partial charge >= 0.3 is 0 Å². The quantitative estimate of drug-likeness (QED) is 0.522. The summed E-state index contributed by atoms with van der Waals surface area (Å²) in [5, 5.41) is 0.724. The molecule has 1 fully saturated rings. The third-order valence-electron chi connectivity index (χ3n) is 5.18. The van der Waals surface area contributed by atoms with Gasteiger partial charge in [-0.2, -0.15) is 0 Å². The number of carbonyl (C=O) groups is 1. The SMILES string of the molecule is Cc1cc(C)c2nc(N(CC3CCCO3)C(=O)c3ccc(OC(C)C)cc3)sc2c1. The molecule has 1 atom stereocenters. The zero-order valence-corrected chi connectivity index (χ0v) is 18.8. The third kappa shape index (κ3) is 4.50. The molecule has 30 heavy (non-hydrogen) atoms. The van der Waals surface area contributed by atoms with E-state index in [2.05, 4.69) is 26.0 Å². The fraction of sp³-hybridized carbons (Fsp3) is 0.417. The van der Waals surface area contributed by atoms with Crippen molar-refractivity contribution in [1.29, 1.82) is 0 Å². The molecule has 158 valence electrons. The van der Waals surface area contributed by atoms with E-state index in [1.54, 1.807) is 16.2 Å². The van der Waals surface area contributed by atoms with Crippen LogP contribution in [0.4, 0.5) is 5.13 Å². The maximum atomic E-state index is 13.5. The summed E-state index contributed by atoms with van der Waals surface area (Å²) in [6, 6.07) is 11.6. The number of nitrogens with zero attached hydrogens (tertiary/aromatic N) is 2. The molecule has 1 aromatic heterocycles. The van der Waals surface area contributed by atoms with Crippen LogP contribution in [-0.4, -0.2) is 36.3 Å². The van der Waals surface area contributed by atoms with Crippen molar-refractivity contribution in [3.8, 4) is 5.75 Å². The Morgan fingerprint density at radius 3 is 2.70 bits per heavy atom. The predicted molar refractivity (Wildman–Crippen MR) is 122 cm³/mol. The van der Waals surface area contributed by atoms with Crippen molar-refractivity contribution in [2.45, 2.75) is 52.7 Å². The van der Waals surface area contributed by atoms with Gasteiger partial charge < -0.3 is 9.47 Å². The number of carbonyl (C=O) groups excluding carboxylic acids is 1. The number of rotatable bonds is 6. The van der Waals surface area contributed by atoms with Gasteiger partial charge in [0.25, 0.3) is 5.91 Å². The highest BCUT2D eigenvalue weighted by molar-refractivity contribution is 7.22. The second-order valence-corrected chi connectivity index (χ2v) is 9.18. The van der Waals surface area contributed by atoms with Gasteiger partial charge in [0, 0.05) is 12.2 Å². The van der Waals surface area contributed by atoms with Crippen LogP contribution < -0.4 is 9.64 Å². The monoisotopic (exact) mass is 424 g/mol. The average Bonchev–Trinajstić information content (AvgIpc) is 3.35. The summed E-state index contributed by atoms with van der Waals surface area (Å²) in [7, 11) is 0. The van der Waals surface area contributed by atoms with Gasteiger partial charge in [-0.15, -0.1) is 0 Å². The molecule has 6 heteroatoms. The number of hydrogen-bond acceptors (Lipinski definition) is 5. The van der Waals surface area contributed by atoms with Crippen molar-refractivity contribution in [3.05, 3.63) is 53.1 Å². The largest absolute Gasteiger partial charge is 0.491 e. The molecule has 1 amide bonds. The number of hydrogen-bond donors (Lipinski definition) is 0. The van der Waals surface area contributed by atoms with E-state index >= 15 is 0 Å². The lowest BCUT2D eigenvalue weighted by Crippen LogP contribution is -2.37. The number of ether oxygens (including phenoxy) is 2. The molecule has 0 N–H and O–H groups in total. The van der Waals surface area contributed by atoms with Crippen molar-refractivity contribution in [2.24, 2.45) is 0 Å². The van der Waals surface area contributed by atoms with Crippen LogP contribution in [0, 0.1) is 13.8 Å². The molecular formula is C24H28N2O3S. The molecule has 1 aliphatic heterocycles. The van der Waals surface area contributed by atoms with Gasteiger partial charge in [-0.1, -0.05) is 17.4 Å². The predicted octanol–water partition coefficient (Wildman–Crippen LogP) is 5.53. The van der Waals surface area contributed by atoms with Crippen molar-refractivity contribution in [3.63, 3.8) is 0 Å². The first-order valence-electron chi connectivity index (χ1n) is 10.5. The summed E-state index contributed by atoms with van der Waals surface area (Å²) >= 11 is 1.57. The lowest BCUT2D eigenvalue weighted by Gasteiger charge is -2.23. The van der Waals surface area contributed by atoms with E-state index < -0.39 is 0 Å². The number of amides is 1. The molecule has 0 aliphatic carbocycles. The first-order chi connectivity index (χ1) is 14.4. The molecule has 1 saturated heterocycles. The number of benzene rings is 2. The maximum absolute atomic E-state index is 13.5. The van der Waals surface area contributed by atoms with E-state index in [0.29, 0.717) is 12.1 Å². The summed E-state index contributed by atoms with van der Waals surface area (Å²) in [5.41, 5.74) is 3.92. The second kappa shape index (κ2) is 8.74. The smallest absolute Gasteiger partial charge is 0.260 e. The Morgan fingerprint density at radius 2 is 2.03 bits per heavy atom. The van der Waals surface area contributed by atoms with Crippen LogP contribution in [0.2, 0.25) is 0 Å². The van der Waals surface area contributed by atoms with E-state index in [-0.39, 0.29) is 18.1 Å². The topological polar surface area (TPSA) is 51.7 Å². The van der Waals surface area contributed by atoms with Gasteiger partial charge in [0.1, 0.15) is 5.75 Å². The minimum Gasteiger partial charge on any atom is -0.491 e. The first-order valence-corrected chi connectivity index (χ1v) is 11.3. The van der Waals surface area contributed by atoms with Gasteiger partial charge in [0.15, 0.2) is 5.13 Å². The molecule has 5 nitrogen and oxygen atoms in total. The van der Waals surface area contributed by atoms with Gasteiger partial charge in [0.05, 0.1) is 29.0 Å². The molecule has 2 aromatic carbocycles. The highest BCUT2D eigenvalue weighted by Crippen LogP contribution is 2.33. The van der Waals surface area contributed by atoms with Gasteiger partial charge in [0.2, 0.25) is 0 Å². The average molecular weight is 425 g/mol. The van der Waals surface area contributed by atoms with Crippen LogP contribution in [0.15, 0.2) is 36.4 Å². The van der Waals surface area contributed by atoms with Gasteiger partial charge in [-0.05, 0) is 82.0 Å². The molecular weight excluding hydrogens is 396 g/mol. The standard InChI is InChI=1S/C24H28N2O3S/c1-15(2)29-19-9-7-18(8-10-19)23(27)26(14-20-6-5-11-28-20)24-25-22-17(4)12-16(3)13-21(22)30-24/h7-10,12-13,15,20H,5-6,11,14H2,1-4H3. The molecule has 4 rings (SSSR count). The maximum Gasteiger partial charge on any atom is 0.260 e. The zero-order valence-electron chi connectivity index (χ0n) is 18.0. The van der Waals surface area contributed by atoms with Crippen LogP contribution in [0.1, 0.15) is 48.2 Å². The van der Waals surface area contributed by atoms with E-state index in [4.69, 9.17) is 14.5 Å². The zero-order chi connectivity index (χ0) is 21.3. The highest BCUT2D eigenvalue weighted by Gasteiger charge is 2.27. The van der Waals surface area contributed by atoms with Crippen LogP contribution in [0.3, 0.4) is 0 Å². The summed E-state index contributed by atoms with van der Waals surface area (Å²) < 4.78 is 12.6. The molecule has 2 heterocycles. The molecule has 0 saturated carbocycles. The number of aromatic nitrogens is 1. The van der Waals surface area contributed by atoms with Gasteiger partial charge in [-0.3, -0.25) is 9.69 Å². The summed E-state index contributed by atoms with van der Waals surface area (Å²) in [6.07, 6.45) is 2.14. The Labute approximate surface area is 181 Å². The number of fused-ring (bicyclic) bond motifs is 1. The molecule has 0 radical (unpaired) electrons. The van der Waals surface area contributed by atoms with Crippen molar-refractivity contribution in [2.75, 3.05) is 18.1 Å². The van der Waals surface area contributed by atoms with Crippen molar-refractivity contribution < 1.29 is 14.3 Å². The van der Waals surface area contributed by atoms with E-state index in [9.17, 15) is 4.79 Å². The number of thiazole rings is 1. The van der Waals surface area contributed by atoms with E-state index in [1.165, 1.54) is 5.56 Å².